The second-order valence-corrected chi connectivity index (χ2v) is 2.96. The molecule has 0 N–H and O–H groups in total. The Hall–Kier alpha value is -0.830. The van der Waals surface area contributed by atoms with Gasteiger partial charge < -0.3 is 4.40 Å². The van der Waals surface area contributed by atoms with Gasteiger partial charge in [-0.1, -0.05) is 0 Å². The summed E-state index contributed by atoms with van der Waals surface area (Å²) in [6.45, 7) is 0. The Morgan fingerprint density at radius 1 is 1.50 bits per heavy atom. The van der Waals surface area contributed by atoms with Crippen LogP contribution < -0.4 is 0 Å². The molecule has 0 aliphatic carbocycles. The number of fused-ring (bicyclic) bond motifs is 1. The Morgan fingerprint density at radius 2 is 2.40 bits per heavy atom. The van der Waals surface area contributed by atoms with E-state index in [0.29, 0.717) is 0 Å². The lowest BCUT2D eigenvalue weighted by Crippen LogP contribution is -1.83. The molecule has 0 saturated heterocycles. The molecule has 2 aromatic heterocycles. The molecule has 10 heavy (non-hydrogen) atoms. The molecule has 0 atom stereocenters. The number of nitrogens with zero attached hydrogens (tertiary/aromatic N) is 2. The lowest BCUT2D eigenvalue weighted by molar-refractivity contribution is 1.12. The highest BCUT2D eigenvalue weighted by Gasteiger charge is 1.91. The average molecular weight is 197 g/mol. The van der Waals surface area contributed by atoms with Gasteiger partial charge in [-0.15, -0.1) is 0 Å². The highest BCUT2D eigenvalue weighted by Crippen LogP contribution is 2.08. The van der Waals surface area contributed by atoms with E-state index in [9.17, 15) is 0 Å². The molecule has 0 aliphatic rings. The highest BCUT2D eigenvalue weighted by atomic mass is 79.9. The Balaban J connectivity index is 2.86. The van der Waals surface area contributed by atoms with Crippen LogP contribution in [-0.4, -0.2) is 9.38 Å². The van der Waals surface area contributed by atoms with Crippen LogP contribution in [0.25, 0.3) is 5.65 Å². The zero-order valence-electron chi connectivity index (χ0n) is 5.16. The number of rotatable bonds is 0. The molecule has 0 spiro atoms. The fraction of sp³-hybridized carbons (Fsp3) is 0. The van der Waals surface area contributed by atoms with E-state index in [1.54, 1.807) is 6.20 Å². The maximum Gasteiger partial charge on any atom is 0.136 e. The zero-order chi connectivity index (χ0) is 6.97. The smallest absolute Gasteiger partial charge is 0.136 e. The molecule has 0 aromatic carbocycles. The first kappa shape index (κ1) is 5.92. The number of aromatic nitrogens is 2. The Bertz CT molecular complexity index is 353. The molecule has 2 rings (SSSR count). The van der Waals surface area contributed by atoms with Crippen LogP contribution in [-0.2, 0) is 0 Å². The molecule has 0 radical (unpaired) electrons. The topological polar surface area (TPSA) is 17.3 Å². The molecule has 0 saturated carbocycles. The van der Waals surface area contributed by atoms with Gasteiger partial charge in [-0.3, -0.25) is 0 Å². The third kappa shape index (κ3) is 0.827. The number of hydrogen-bond acceptors (Lipinski definition) is 1. The molecular weight excluding hydrogens is 192 g/mol. The predicted octanol–water partition coefficient (Wildman–Crippen LogP) is 2.10. The molecule has 2 heterocycles. The van der Waals surface area contributed by atoms with Gasteiger partial charge in [-0.25, -0.2) is 4.98 Å². The highest BCUT2D eigenvalue weighted by molar-refractivity contribution is 9.10. The van der Waals surface area contributed by atoms with Crippen molar-refractivity contribution in [3.63, 3.8) is 0 Å². The molecule has 0 unspecified atom stereocenters. The van der Waals surface area contributed by atoms with Crippen molar-refractivity contribution in [2.24, 2.45) is 0 Å². The summed E-state index contributed by atoms with van der Waals surface area (Å²) in [5.74, 6) is 0. The lowest BCUT2D eigenvalue weighted by Gasteiger charge is -1.92. The monoisotopic (exact) mass is 196 g/mol. The van der Waals surface area contributed by atoms with Gasteiger partial charge in [0.05, 0.1) is 4.47 Å². The molecule has 0 bridgehead atoms. The van der Waals surface area contributed by atoms with Crippen molar-refractivity contribution in [3.05, 3.63) is 35.2 Å². The van der Waals surface area contributed by atoms with E-state index in [-0.39, 0.29) is 0 Å². The van der Waals surface area contributed by atoms with Crippen molar-refractivity contribution in [2.45, 2.75) is 0 Å². The van der Waals surface area contributed by atoms with Gasteiger partial charge in [0.15, 0.2) is 0 Å². The maximum absolute atomic E-state index is 4.16. The van der Waals surface area contributed by atoms with E-state index < -0.39 is 0 Å². The molecule has 0 fully saturated rings. The van der Waals surface area contributed by atoms with Gasteiger partial charge in [0, 0.05) is 18.6 Å². The minimum Gasteiger partial charge on any atom is -0.307 e. The van der Waals surface area contributed by atoms with E-state index >= 15 is 0 Å². The van der Waals surface area contributed by atoms with Gasteiger partial charge in [0.2, 0.25) is 0 Å². The quantitative estimate of drug-likeness (QED) is 0.632. The minimum absolute atomic E-state index is 0.975. The van der Waals surface area contributed by atoms with Crippen LogP contribution in [0.15, 0.2) is 35.2 Å². The molecular formula is C7H5BrN2. The summed E-state index contributed by atoms with van der Waals surface area (Å²) in [6.07, 6.45) is 5.73. The van der Waals surface area contributed by atoms with Crippen LogP contribution in [0.5, 0.6) is 0 Å². The van der Waals surface area contributed by atoms with Crippen molar-refractivity contribution >= 4 is 21.6 Å². The first-order chi connectivity index (χ1) is 4.86. The van der Waals surface area contributed by atoms with Crippen molar-refractivity contribution in [3.8, 4) is 0 Å². The van der Waals surface area contributed by atoms with Gasteiger partial charge in [0.1, 0.15) is 5.65 Å². The van der Waals surface area contributed by atoms with Crippen LogP contribution in [0, 0.1) is 0 Å². The van der Waals surface area contributed by atoms with Crippen LogP contribution in [0.4, 0.5) is 0 Å². The number of halogens is 1. The van der Waals surface area contributed by atoms with Crippen LogP contribution >= 0.6 is 15.9 Å². The number of hydrogen-bond donors (Lipinski definition) is 0. The third-order valence-electron chi connectivity index (χ3n) is 1.34. The first-order valence-corrected chi connectivity index (χ1v) is 3.74. The van der Waals surface area contributed by atoms with E-state index in [1.807, 2.05) is 28.9 Å². The van der Waals surface area contributed by atoms with Crippen molar-refractivity contribution in [1.29, 1.82) is 0 Å². The lowest BCUT2D eigenvalue weighted by atomic mass is 10.6. The summed E-state index contributed by atoms with van der Waals surface area (Å²) < 4.78 is 2.96. The van der Waals surface area contributed by atoms with Crippen molar-refractivity contribution in [2.75, 3.05) is 0 Å². The van der Waals surface area contributed by atoms with E-state index in [1.165, 1.54) is 0 Å². The van der Waals surface area contributed by atoms with Crippen LogP contribution in [0.1, 0.15) is 0 Å². The third-order valence-corrected chi connectivity index (χ3v) is 1.75. The summed E-state index contributed by atoms with van der Waals surface area (Å²) >= 11 is 3.33. The Labute approximate surface area is 66.6 Å². The van der Waals surface area contributed by atoms with Gasteiger partial charge in [-0.05, 0) is 28.1 Å². The standard InChI is InChI=1S/C7H5BrN2/c8-6-4-9-7-2-1-3-10(7)5-6/h1-5H. The summed E-state index contributed by atoms with van der Waals surface area (Å²) in [5.41, 5.74) is 0.975. The van der Waals surface area contributed by atoms with Crippen molar-refractivity contribution in [1.82, 2.24) is 9.38 Å². The van der Waals surface area contributed by atoms with Crippen LogP contribution in [0.3, 0.4) is 0 Å². The van der Waals surface area contributed by atoms with Crippen molar-refractivity contribution < 1.29 is 0 Å². The fourth-order valence-electron chi connectivity index (χ4n) is 0.897. The van der Waals surface area contributed by atoms with Crippen LogP contribution in [0.2, 0.25) is 0 Å². The van der Waals surface area contributed by atoms with Gasteiger partial charge in [0.25, 0.3) is 0 Å². The van der Waals surface area contributed by atoms with Gasteiger partial charge >= 0.3 is 0 Å². The predicted molar refractivity (Wildman–Crippen MR) is 42.9 cm³/mol. The second-order valence-electron chi connectivity index (χ2n) is 2.05. The fourth-order valence-corrected chi connectivity index (χ4v) is 1.22. The summed E-state index contributed by atoms with van der Waals surface area (Å²) in [7, 11) is 0. The molecule has 2 aromatic rings. The summed E-state index contributed by atoms with van der Waals surface area (Å²) in [4.78, 5) is 4.16. The molecule has 0 amide bonds. The molecule has 2 nitrogen and oxygen atoms in total. The second kappa shape index (κ2) is 2.09. The van der Waals surface area contributed by atoms with E-state index in [4.69, 9.17) is 0 Å². The largest absolute Gasteiger partial charge is 0.307 e. The minimum atomic E-state index is 0.975. The maximum atomic E-state index is 4.16. The van der Waals surface area contributed by atoms with Gasteiger partial charge in [-0.2, -0.15) is 0 Å². The summed E-state index contributed by atoms with van der Waals surface area (Å²) in [5, 5.41) is 0. The SMILES string of the molecule is Brc1cnc2cccn2c1. The molecule has 3 heteroatoms. The average Bonchev–Trinajstić information content (AvgIpc) is 2.33. The normalized spacial score (nSPS) is 10.5. The molecule has 0 aliphatic heterocycles. The molecule has 50 valence electrons. The van der Waals surface area contributed by atoms with E-state index in [2.05, 4.69) is 20.9 Å². The Kier molecular flexibility index (Phi) is 1.24. The van der Waals surface area contributed by atoms with E-state index in [0.717, 1.165) is 10.1 Å². The first-order valence-electron chi connectivity index (χ1n) is 2.94. The Morgan fingerprint density at radius 3 is 3.30 bits per heavy atom. The zero-order valence-corrected chi connectivity index (χ0v) is 6.75. The summed E-state index contributed by atoms with van der Waals surface area (Å²) in [6, 6.07) is 3.93.